The molecule has 0 aliphatic rings. The molecule has 1 rings (SSSR count). The molecule has 0 radical (unpaired) electrons. The molecule has 0 aromatic heterocycles. The Labute approximate surface area is 122 Å². The number of aryl methyl sites for hydroxylation is 1. The third-order valence-electron chi connectivity index (χ3n) is 3.09. The molecule has 1 aromatic carbocycles. The smallest absolute Gasteiger partial charge is 0.303 e. The monoisotopic (exact) mass is 294 g/mol. The summed E-state index contributed by atoms with van der Waals surface area (Å²) in [6.07, 6.45) is 0.764. The van der Waals surface area contributed by atoms with Crippen LogP contribution in [0.3, 0.4) is 0 Å². The number of amides is 1. The Bertz CT molecular complexity index is 556. The summed E-state index contributed by atoms with van der Waals surface area (Å²) in [7, 11) is 0. The summed E-state index contributed by atoms with van der Waals surface area (Å²) in [6, 6.07) is 4.02. The van der Waals surface area contributed by atoms with E-state index in [1.165, 1.54) is 12.1 Å². The molecule has 2 N–H and O–H groups in total. The second-order valence-electron chi connectivity index (χ2n) is 4.76. The number of nitro groups is 1. The van der Waals surface area contributed by atoms with E-state index >= 15 is 0 Å². The molecule has 0 aliphatic heterocycles. The van der Waals surface area contributed by atoms with Gasteiger partial charge in [0.05, 0.1) is 4.92 Å². The fourth-order valence-corrected chi connectivity index (χ4v) is 1.89. The minimum absolute atomic E-state index is 0.0453. The molecule has 1 atom stereocenters. The van der Waals surface area contributed by atoms with Crippen LogP contribution in [0.2, 0.25) is 0 Å². The van der Waals surface area contributed by atoms with E-state index < -0.39 is 16.8 Å². The Kier molecular flexibility index (Phi) is 5.83. The predicted octanol–water partition coefficient (Wildman–Crippen LogP) is 2.14. The maximum atomic E-state index is 12.0. The van der Waals surface area contributed by atoms with Gasteiger partial charge in [-0.1, -0.05) is 13.0 Å². The Balaban J connectivity index is 2.81. The second-order valence-corrected chi connectivity index (χ2v) is 4.76. The lowest BCUT2D eigenvalue weighted by molar-refractivity contribution is -0.385. The molecule has 0 fully saturated rings. The number of nitro benzene ring substituents is 1. The first-order valence-corrected chi connectivity index (χ1v) is 6.65. The van der Waals surface area contributed by atoms with Crippen LogP contribution in [0.5, 0.6) is 0 Å². The second kappa shape index (κ2) is 7.37. The summed E-state index contributed by atoms with van der Waals surface area (Å²) < 4.78 is 0. The van der Waals surface area contributed by atoms with Gasteiger partial charge in [-0.3, -0.25) is 19.7 Å². The number of carboxylic acid groups (broad SMARTS) is 1. The molecule has 0 aliphatic carbocycles. The highest BCUT2D eigenvalue weighted by Gasteiger charge is 2.17. The molecule has 0 bridgehead atoms. The average Bonchev–Trinajstić information content (AvgIpc) is 2.44. The molecule has 21 heavy (non-hydrogen) atoms. The van der Waals surface area contributed by atoms with E-state index in [1.54, 1.807) is 19.9 Å². The number of aliphatic carboxylic acids is 1. The number of hydrogen-bond acceptors (Lipinski definition) is 4. The van der Waals surface area contributed by atoms with Crippen LogP contribution < -0.4 is 5.32 Å². The lowest BCUT2D eigenvalue weighted by atomic mass is 10.1. The van der Waals surface area contributed by atoms with E-state index in [9.17, 15) is 19.7 Å². The van der Waals surface area contributed by atoms with Crippen molar-refractivity contribution in [3.05, 3.63) is 39.4 Å². The van der Waals surface area contributed by atoms with Gasteiger partial charge in [-0.2, -0.15) is 0 Å². The topological polar surface area (TPSA) is 110 Å². The van der Waals surface area contributed by atoms with Gasteiger partial charge >= 0.3 is 5.97 Å². The summed E-state index contributed by atoms with van der Waals surface area (Å²) in [5.74, 6) is -1.38. The zero-order chi connectivity index (χ0) is 16.0. The lowest BCUT2D eigenvalue weighted by Crippen LogP contribution is -2.33. The Morgan fingerprint density at radius 3 is 2.62 bits per heavy atom. The van der Waals surface area contributed by atoms with Crippen molar-refractivity contribution < 1.29 is 19.6 Å². The molecule has 114 valence electrons. The van der Waals surface area contributed by atoms with E-state index in [1.807, 2.05) is 0 Å². The van der Waals surface area contributed by atoms with E-state index in [0.29, 0.717) is 18.4 Å². The van der Waals surface area contributed by atoms with Crippen molar-refractivity contribution in [3.8, 4) is 0 Å². The zero-order valence-electron chi connectivity index (χ0n) is 12.0. The van der Waals surface area contributed by atoms with Crippen LogP contribution in [0, 0.1) is 10.1 Å². The normalized spacial score (nSPS) is 11.7. The first-order valence-electron chi connectivity index (χ1n) is 6.65. The first-order chi connectivity index (χ1) is 9.85. The van der Waals surface area contributed by atoms with Crippen LogP contribution in [-0.2, 0) is 11.2 Å². The largest absolute Gasteiger partial charge is 0.481 e. The molecule has 7 nitrogen and oxygen atoms in total. The Morgan fingerprint density at radius 2 is 2.10 bits per heavy atom. The summed E-state index contributed by atoms with van der Waals surface area (Å²) in [5, 5.41) is 22.2. The van der Waals surface area contributed by atoms with Crippen LogP contribution in [-0.4, -0.2) is 27.9 Å². The Hall–Kier alpha value is -2.44. The highest BCUT2D eigenvalue weighted by Crippen LogP contribution is 2.21. The molecule has 1 aromatic rings. The van der Waals surface area contributed by atoms with Gasteiger partial charge in [-0.25, -0.2) is 0 Å². The third-order valence-corrected chi connectivity index (χ3v) is 3.09. The summed E-state index contributed by atoms with van der Waals surface area (Å²) in [4.78, 5) is 32.9. The van der Waals surface area contributed by atoms with Crippen molar-refractivity contribution in [2.45, 2.75) is 39.2 Å². The zero-order valence-corrected chi connectivity index (χ0v) is 12.0. The van der Waals surface area contributed by atoms with Crippen molar-refractivity contribution in [2.24, 2.45) is 0 Å². The standard InChI is InChI=1S/C14H18N2O5/c1-3-10-5-6-11(8-12(10)16(20)21)14(19)15-9(2)4-7-13(17)18/h5-6,8-9H,3-4,7H2,1-2H3,(H,15,19)(H,17,18). The van der Waals surface area contributed by atoms with Gasteiger partial charge in [-0.15, -0.1) is 0 Å². The molecule has 1 amide bonds. The number of carbonyl (C=O) groups excluding carboxylic acids is 1. The number of hydrogen-bond donors (Lipinski definition) is 2. The van der Waals surface area contributed by atoms with Crippen LogP contribution in [0.25, 0.3) is 0 Å². The fourth-order valence-electron chi connectivity index (χ4n) is 1.89. The maximum absolute atomic E-state index is 12.0. The number of carboxylic acids is 1. The van der Waals surface area contributed by atoms with E-state index in [4.69, 9.17) is 5.11 Å². The molecule has 1 unspecified atom stereocenters. The van der Waals surface area contributed by atoms with Crippen molar-refractivity contribution in [3.63, 3.8) is 0 Å². The molecule has 0 saturated carbocycles. The van der Waals surface area contributed by atoms with Crippen LogP contribution in [0.4, 0.5) is 5.69 Å². The van der Waals surface area contributed by atoms with Gasteiger partial charge in [0.15, 0.2) is 0 Å². The summed E-state index contributed by atoms with van der Waals surface area (Å²) in [6.45, 7) is 3.49. The van der Waals surface area contributed by atoms with Crippen LogP contribution in [0.15, 0.2) is 18.2 Å². The number of rotatable bonds is 7. The molecule has 0 spiro atoms. The molecular formula is C14H18N2O5. The third kappa shape index (κ3) is 4.87. The number of benzene rings is 1. The van der Waals surface area contributed by atoms with Gasteiger partial charge in [0.25, 0.3) is 11.6 Å². The minimum Gasteiger partial charge on any atom is -0.481 e. The van der Waals surface area contributed by atoms with Gasteiger partial charge in [0.1, 0.15) is 0 Å². The molecular weight excluding hydrogens is 276 g/mol. The van der Waals surface area contributed by atoms with E-state index in [2.05, 4.69) is 5.32 Å². The average molecular weight is 294 g/mol. The maximum Gasteiger partial charge on any atom is 0.303 e. The predicted molar refractivity (Wildman–Crippen MR) is 76.3 cm³/mol. The quantitative estimate of drug-likeness (QED) is 0.591. The number of nitrogens with one attached hydrogen (secondary N) is 1. The molecule has 0 heterocycles. The summed E-state index contributed by atoms with van der Waals surface area (Å²) >= 11 is 0. The summed E-state index contributed by atoms with van der Waals surface area (Å²) in [5.41, 5.74) is 0.680. The van der Waals surface area contributed by atoms with Crippen molar-refractivity contribution >= 4 is 17.6 Å². The van der Waals surface area contributed by atoms with Crippen molar-refractivity contribution in [2.75, 3.05) is 0 Å². The van der Waals surface area contributed by atoms with Crippen molar-refractivity contribution in [1.82, 2.24) is 5.32 Å². The van der Waals surface area contributed by atoms with Crippen LogP contribution in [0.1, 0.15) is 42.6 Å². The lowest BCUT2D eigenvalue weighted by Gasteiger charge is -2.13. The molecule has 7 heteroatoms. The van der Waals surface area contributed by atoms with E-state index in [0.717, 1.165) is 0 Å². The Morgan fingerprint density at radius 1 is 1.43 bits per heavy atom. The number of nitrogens with zero attached hydrogens (tertiary/aromatic N) is 1. The SMILES string of the molecule is CCc1ccc(C(=O)NC(C)CCC(=O)O)cc1[N+](=O)[O-]. The van der Waals surface area contributed by atoms with Gasteiger partial charge < -0.3 is 10.4 Å². The minimum atomic E-state index is -0.931. The van der Waals surface area contributed by atoms with E-state index in [-0.39, 0.29) is 23.7 Å². The van der Waals surface area contributed by atoms with Crippen molar-refractivity contribution in [1.29, 1.82) is 0 Å². The van der Waals surface area contributed by atoms with Gasteiger partial charge in [-0.05, 0) is 25.8 Å². The highest BCUT2D eigenvalue weighted by molar-refractivity contribution is 5.95. The molecule has 0 saturated heterocycles. The van der Waals surface area contributed by atoms with Gasteiger partial charge in [0, 0.05) is 29.7 Å². The van der Waals surface area contributed by atoms with Crippen LogP contribution >= 0.6 is 0 Å². The van der Waals surface area contributed by atoms with Gasteiger partial charge in [0.2, 0.25) is 0 Å². The fraction of sp³-hybridized carbons (Fsp3) is 0.429. The number of carbonyl (C=O) groups is 2. The highest BCUT2D eigenvalue weighted by atomic mass is 16.6. The first kappa shape index (κ1) is 16.6.